The number of hydrogen-bond acceptors (Lipinski definition) is 13. The second-order valence-corrected chi connectivity index (χ2v) is 19.0. The van der Waals surface area contributed by atoms with E-state index in [1.54, 1.807) is 55.5 Å². The number of carboxylic acid groups (broad SMARTS) is 1. The summed E-state index contributed by atoms with van der Waals surface area (Å²) in [7, 11) is 0. The maximum absolute atomic E-state index is 17.7. The first-order valence-corrected chi connectivity index (χ1v) is 22.5. The Hall–Kier alpha value is -5.54. The minimum atomic E-state index is -2.38. The Morgan fingerprint density at radius 1 is 0.955 bits per heavy atom. The van der Waals surface area contributed by atoms with Crippen molar-refractivity contribution >= 4 is 59.5 Å². The molecule has 1 aliphatic heterocycles. The molecule has 7 rings (SSSR count). The van der Waals surface area contributed by atoms with E-state index in [0.717, 1.165) is 6.08 Å². The molecule has 4 aliphatic carbocycles. The van der Waals surface area contributed by atoms with Crippen molar-refractivity contribution in [1.82, 2.24) is 16.0 Å². The summed E-state index contributed by atoms with van der Waals surface area (Å²) in [5.74, 6) is -5.88. The zero-order valence-electron chi connectivity index (χ0n) is 37.1. The number of aliphatic carboxylic acids is 1. The number of carbonyl (C=O) groups excluding carboxylic acids is 6. The maximum Gasteiger partial charge on any atom is 0.304 e. The zero-order chi connectivity index (χ0) is 48.8. The van der Waals surface area contributed by atoms with Gasteiger partial charge in [-0.2, -0.15) is 12.6 Å². The second-order valence-electron chi connectivity index (χ2n) is 18.3. The lowest BCUT2D eigenvalue weighted by Gasteiger charge is -2.63. The molecule has 67 heavy (non-hydrogen) atoms. The van der Waals surface area contributed by atoms with Crippen molar-refractivity contribution < 1.29 is 71.9 Å². The molecule has 1 heterocycles. The van der Waals surface area contributed by atoms with Crippen LogP contribution in [0.4, 0.5) is 14.5 Å². The van der Waals surface area contributed by atoms with Gasteiger partial charge >= 0.3 is 5.97 Å². The average molecular weight is 953 g/mol. The second kappa shape index (κ2) is 18.9. The molecule has 20 heteroatoms. The van der Waals surface area contributed by atoms with Gasteiger partial charge in [0.2, 0.25) is 23.6 Å². The molecule has 2 aromatic carbocycles. The molecule has 13 atom stereocenters. The first-order chi connectivity index (χ1) is 31.6. The Bertz CT molecular complexity index is 2400. The Labute approximate surface area is 389 Å². The summed E-state index contributed by atoms with van der Waals surface area (Å²) >= 11 is 3.91. The number of ketones is 2. The number of nitrogens with one attached hydrogen (secondary N) is 4. The van der Waals surface area contributed by atoms with E-state index in [1.165, 1.54) is 32.9 Å². The monoisotopic (exact) mass is 952 g/mol. The van der Waals surface area contributed by atoms with Gasteiger partial charge in [0, 0.05) is 47.0 Å². The average Bonchev–Trinajstić information content (AvgIpc) is 3.78. The van der Waals surface area contributed by atoms with Gasteiger partial charge in [0.05, 0.1) is 23.9 Å². The van der Waals surface area contributed by atoms with Crippen molar-refractivity contribution in [3.8, 4) is 11.5 Å². The quantitative estimate of drug-likeness (QED) is 0.113. The van der Waals surface area contributed by atoms with Crippen LogP contribution in [0.25, 0.3) is 0 Å². The van der Waals surface area contributed by atoms with Crippen molar-refractivity contribution in [3.63, 3.8) is 0 Å². The molecule has 4 amide bonds. The molecular formula is C47H54F2N4O13S. The van der Waals surface area contributed by atoms with Gasteiger partial charge in [-0.1, -0.05) is 31.2 Å². The number of benzene rings is 2. The van der Waals surface area contributed by atoms with Crippen LogP contribution in [0.3, 0.4) is 0 Å². The molecule has 2 aromatic rings. The molecule has 0 bridgehead atoms. The Balaban J connectivity index is 0.947. The van der Waals surface area contributed by atoms with E-state index in [4.69, 9.17) is 19.3 Å². The van der Waals surface area contributed by atoms with Crippen LogP contribution in [-0.4, -0.2) is 117 Å². The van der Waals surface area contributed by atoms with E-state index >= 15 is 8.78 Å². The Morgan fingerprint density at radius 3 is 2.34 bits per heavy atom. The number of rotatable bonds is 16. The number of halogens is 2. The summed E-state index contributed by atoms with van der Waals surface area (Å²) in [6, 6.07) is 10.9. The molecule has 0 spiro atoms. The summed E-state index contributed by atoms with van der Waals surface area (Å²) < 4.78 is 52.7. The lowest BCUT2D eigenvalue weighted by Crippen LogP contribution is -2.70. The van der Waals surface area contributed by atoms with Crippen LogP contribution >= 0.6 is 12.6 Å². The SMILES string of the molecule is C[C@H](NC(=O)CCNC(=O)C(S)CC(=O)O)C(=O)N[C@@H](C)C(=O)Nc1cccc(Oc2ccc([C@@H]3O[C@@H]4C[C@H]5[C@@H]6C[C@H](F)C7=CC(=O)C=C[C@]7(C)[C@@]6(F)[C@@H](O)C[C@]5(C)[C@]4(C(=O)CO)O3)cc2)c1. The molecule has 360 valence electrons. The minimum absolute atomic E-state index is 0.0172. The normalized spacial score (nSPS) is 32.7. The van der Waals surface area contributed by atoms with E-state index in [0.29, 0.717) is 22.7 Å². The highest BCUT2D eigenvalue weighted by molar-refractivity contribution is 7.81. The summed E-state index contributed by atoms with van der Waals surface area (Å²) in [5.41, 5.74) is -6.27. The fourth-order valence-electron chi connectivity index (χ4n) is 10.9. The highest BCUT2D eigenvalue weighted by Gasteiger charge is 2.80. The van der Waals surface area contributed by atoms with Crippen LogP contribution < -0.4 is 26.0 Å². The number of carbonyl (C=O) groups is 7. The zero-order valence-corrected chi connectivity index (χ0v) is 38.0. The predicted octanol–water partition coefficient (Wildman–Crippen LogP) is 3.35. The summed E-state index contributed by atoms with van der Waals surface area (Å²) in [6.45, 7) is 5.03. The molecule has 0 radical (unpaired) electrons. The van der Waals surface area contributed by atoms with E-state index in [1.807, 2.05) is 0 Å². The third kappa shape index (κ3) is 8.89. The Morgan fingerprint density at radius 2 is 1.66 bits per heavy atom. The van der Waals surface area contributed by atoms with E-state index in [2.05, 4.69) is 33.9 Å². The van der Waals surface area contributed by atoms with Gasteiger partial charge in [-0.05, 0) is 87.9 Å². The van der Waals surface area contributed by atoms with Crippen LogP contribution in [0.5, 0.6) is 11.5 Å². The lowest BCUT2D eigenvalue weighted by molar-refractivity contribution is -0.235. The smallest absolute Gasteiger partial charge is 0.304 e. The number of allylic oxidation sites excluding steroid dienone is 4. The van der Waals surface area contributed by atoms with E-state index in [-0.39, 0.29) is 37.8 Å². The molecule has 3 saturated carbocycles. The van der Waals surface area contributed by atoms with Crippen LogP contribution in [0.1, 0.15) is 71.7 Å². The molecule has 5 aliphatic rings. The number of aliphatic hydroxyl groups is 2. The molecule has 1 unspecified atom stereocenters. The fraction of sp³-hybridized carbons (Fsp3) is 0.511. The Kier molecular flexibility index (Phi) is 13.9. The van der Waals surface area contributed by atoms with Crippen molar-refractivity contribution in [1.29, 1.82) is 0 Å². The molecule has 7 N–H and O–H groups in total. The number of ether oxygens (including phenoxy) is 3. The van der Waals surface area contributed by atoms with Gasteiger partial charge in [-0.3, -0.25) is 33.6 Å². The number of hydrogen-bond donors (Lipinski definition) is 8. The van der Waals surface area contributed by atoms with Crippen LogP contribution in [0.15, 0.2) is 72.3 Å². The minimum Gasteiger partial charge on any atom is -0.481 e. The van der Waals surface area contributed by atoms with Gasteiger partial charge in [-0.25, -0.2) is 8.78 Å². The fourth-order valence-corrected chi connectivity index (χ4v) is 11.1. The summed E-state index contributed by atoms with van der Waals surface area (Å²) in [4.78, 5) is 86.9. The van der Waals surface area contributed by atoms with Crippen molar-refractivity contribution in [2.45, 2.75) is 113 Å². The van der Waals surface area contributed by atoms with Crippen molar-refractivity contribution in [2.24, 2.45) is 22.7 Å². The van der Waals surface area contributed by atoms with Crippen molar-refractivity contribution in [3.05, 3.63) is 77.9 Å². The molecule has 17 nitrogen and oxygen atoms in total. The highest BCUT2D eigenvalue weighted by Crippen LogP contribution is 2.72. The standard InChI is InChI=1S/C47H54F2N4O13S/c1-23(51-38(58)13-15-50-42(63)34(67)20-39(59)60)40(61)52-24(2)41(62)53-26-6-5-7-29(16-26)64-28-10-8-25(9-11-28)43-65-37-19-30-31-18-33(48)32-17-27(55)12-14-44(32,3)46(31,49)35(56)21-45(30,4)47(37,66-43)36(57)22-54/h5-12,14,16-17,23-24,30-31,33-35,37,43,54,56,67H,13,15,18-22H2,1-4H3,(H,50,63)(H,51,58)(H,52,61)(H,53,62)(H,59,60)/t23-,24-,30-,31-,33-,34?,35-,37+,43+,44-,45-,46-,47+/m0/s1. The van der Waals surface area contributed by atoms with Crippen LogP contribution in [0.2, 0.25) is 0 Å². The first-order valence-electron chi connectivity index (χ1n) is 22.0. The first kappa shape index (κ1) is 49.4. The van der Waals surface area contributed by atoms with Gasteiger partial charge in [0.25, 0.3) is 0 Å². The van der Waals surface area contributed by atoms with Crippen molar-refractivity contribution in [2.75, 3.05) is 18.5 Å². The molecule has 4 fully saturated rings. The van der Waals surface area contributed by atoms with Gasteiger partial charge in [0.1, 0.15) is 36.4 Å². The number of Topliss-reactive ketones (excluding diaryl/α,β-unsaturated/α-hetero) is 1. The van der Waals surface area contributed by atoms with Gasteiger partial charge in [-0.15, -0.1) is 0 Å². The van der Waals surface area contributed by atoms with Gasteiger partial charge < -0.3 is 50.8 Å². The van der Waals surface area contributed by atoms with E-state index in [9.17, 15) is 43.8 Å². The maximum atomic E-state index is 17.7. The lowest BCUT2D eigenvalue weighted by atomic mass is 9.44. The molecule has 0 aromatic heterocycles. The van der Waals surface area contributed by atoms with Crippen LogP contribution in [-0.2, 0) is 43.0 Å². The van der Waals surface area contributed by atoms with Gasteiger partial charge in [0.15, 0.2) is 29.1 Å². The van der Waals surface area contributed by atoms with Crippen LogP contribution in [0, 0.1) is 22.7 Å². The summed E-state index contributed by atoms with van der Waals surface area (Å²) in [6.07, 6.45) is -2.97. The predicted molar refractivity (Wildman–Crippen MR) is 237 cm³/mol. The largest absolute Gasteiger partial charge is 0.481 e. The highest BCUT2D eigenvalue weighted by atomic mass is 32.1. The number of alkyl halides is 2. The third-order valence-corrected chi connectivity index (χ3v) is 14.7. The third-order valence-electron chi connectivity index (χ3n) is 14.3. The number of carboxylic acids is 1. The number of thiol groups is 1. The number of anilines is 1. The molecular weight excluding hydrogens is 899 g/mol. The van der Waals surface area contributed by atoms with E-state index < -0.39 is 130 Å². The number of amides is 4. The molecule has 1 saturated heterocycles. The topological polar surface area (TPSA) is 256 Å². The number of fused-ring (bicyclic) bond motifs is 7. The summed E-state index contributed by atoms with van der Waals surface area (Å²) in [5, 5.41) is 39.9. The number of aliphatic hydroxyl groups excluding tert-OH is 2.